The number of imide groups is 1. The monoisotopic (exact) mass is 393 g/mol. The third-order valence-corrected chi connectivity index (χ3v) is 6.63. The molecule has 1 N–H and O–H groups in total. The summed E-state index contributed by atoms with van der Waals surface area (Å²) in [5.74, 6) is -1.15. The minimum atomic E-state index is -1.06. The fraction of sp³-hybridized carbons (Fsp3) is 0.409. The van der Waals surface area contributed by atoms with Crippen LogP contribution in [0.15, 0.2) is 53.1 Å². The predicted octanol–water partition coefficient (Wildman–Crippen LogP) is 1.72. The zero-order valence-corrected chi connectivity index (χ0v) is 16.2. The molecule has 3 fully saturated rings. The number of benzene rings is 1. The van der Waals surface area contributed by atoms with Crippen molar-refractivity contribution in [1.82, 2.24) is 15.1 Å². The van der Waals surface area contributed by atoms with E-state index in [-0.39, 0.29) is 23.8 Å². The van der Waals surface area contributed by atoms with Gasteiger partial charge in [0.05, 0.1) is 24.6 Å². The van der Waals surface area contributed by atoms with Crippen LogP contribution < -0.4 is 5.32 Å². The number of hydrogen-bond donors (Lipinski definition) is 1. The third kappa shape index (κ3) is 2.57. The molecule has 7 nitrogen and oxygen atoms in total. The Kier molecular flexibility index (Phi) is 4.10. The molecule has 1 aromatic carbocycles. The molecule has 3 aliphatic rings. The van der Waals surface area contributed by atoms with Crippen molar-refractivity contribution in [3.8, 4) is 0 Å². The molecule has 5 rings (SSSR count). The van der Waals surface area contributed by atoms with Crippen molar-refractivity contribution in [1.29, 1.82) is 0 Å². The van der Waals surface area contributed by atoms with Crippen molar-refractivity contribution in [2.45, 2.75) is 31.0 Å². The lowest BCUT2D eigenvalue weighted by Gasteiger charge is -2.42. The molecule has 0 radical (unpaired) electrons. The van der Waals surface area contributed by atoms with Crippen LogP contribution in [0.1, 0.15) is 30.2 Å². The van der Waals surface area contributed by atoms with Gasteiger partial charge in [0, 0.05) is 19.6 Å². The van der Waals surface area contributed by atoms with E-state index in [1.54, 1.807) is 17.2 Å². The molecule has 4 heterocycles. The average molecular weight is 393 g/mol. The molecule has 1 spiro atoms. The number of nitrogens with one attached hydrogen (secondary N) is 1. The van der Waals surface area contributed by atoms with E-state index in [0.717, 1.165) is 12.0 Å². The first-order valence-electron chi connectivity index (χ1n) is 9.99. The van der Waals surface area contributed by atoms with Crippen molar-refractivity contribution >= 4 is 17.7 Å². The van der Waals surface area contributed by atoms with Crippen molar-refractivity contribution in [2.24, 2.45) is 11.8 Å². The Bertz CT molecular complexity index is 958. The van der Waals surface area contributed by atoms with Gasteiger partial charge in [-0.3, -0.25) is 24.6 Å². The van der Waals surface area contributed by atoms with Crippen LogP contribution in [-0.2, 0) is 20.9 Å². The number of hydrogen-bond acceptors (Lipinski definition) is 5. The normalized spacial score (nSPS) is 31.8. The van der Waals surface area contributed by atoms with Crippen molar-refractivity contribution < 1.29 is 18.8 Å². The van der Waals surface area contributed by atoms with Gasteiger partial charge in [0.1, 0.15) is 11.3 Å². The molecule has 0 bridgehead atoms. The van der Waals surface area contributed by atoms with E-state index in [2.05, 4.69) is 5.32 Å². The largest absolute Gasteiger partial charge is 0.467 e. The molecule has 29 heavy (non-hydrogen) atoms. The van der Waals surface area contributed by atoms with Crippen LogP contribution >= 0.6 is 0 Å². The summed E-state index contributed by atoms with van der Waals surface area (Å²) >= 11 is 0. The lowest BCUT2D eigenvalue weighted by molar-refractivity contribution is -0.149. The van der Waals surface area contributed by atoms with Crippen LogP contribution in [0, 0.1) is 11.8 Å². The topological polar surface area (TPSA) is 82.9 Å². The SMILES string of the molecule is CN1C(=O)[C@H]2[C@@H](c3ccccc3)N[C@]3(CCCN(Cc4ccco4)C3=O)[C@H]2C1=O. The summed E-state index contributed by atoms with van der Waals surface area (Å²) in [7, 11) is 1.52. The first kappa shape index (κ1) is 18.1. The Morgan fingerprint density at radius 2 is 1.90 bits per heavy atom. The van der Waals surface area contributed by atoms with Gasteiger partial charge in [-0.1, -0.05) is 30.3 Å². The summed E-state index contributed by atoms with van der Waals surface area (Å²) in [6.45, 7) is 0.967. The van der Waals surface area contributed by atoms with Gasteiger partial charge in [-0.25, -0.2) is 0 Å². The van der Waals surface area contributed by atoms with Gasteiger partial charge < -0.3 is 9.32 Å². The number of amides is 3. The highest BCUT2D eigenvalue weighted by Gasteiger charge is 2.68. The van der Waals surface area contributed by atoms with Gasteiger partial charge in [0.2, 0.25) is 17.7 Å². The van der Waals surface area contributed by atoms with Gasteiger partial charge in [-0.15, -0.1) is 0 Å². The van der Waals surface area contributed by atoms with E-state index in [1.807, 2.05) is 36.4 Å². The van der Waals surface area contributed by atoms with E-state index >= 15 is 0 Å². The van der Waals surface area contributed by atoms with Crippen LogP contribution in [0.25, 0.3) is 0 Å². The minimum absolute atomic E-state index is 0.120. The van der Waals surface area contributed by atoms with Gasteiger partial charge in [-0.2, -0.15) is 0 Å². The van der Waals surface area contributed by atoms with Gasteiger partial charge in [0.15, 0.2) is 0 Å². The summed E-state index contributed by atoms with van der Waals surface area (Å²) < 4.78 is 5.42. The lowest BCUT2D eigenvalue weighted by Crippen LogP contribution is -2.63. The first-order chi connectivity index (χ1) is 14.0. The summed E-state index contributed by atoms with van der Waals surface area (Å²) in [6.07, 6.45) is 2.89. The maximum absolute atomic E-state index is 13.7. The van der Waals surface area contributed by atoms with E-state index in [9.17, 15) is 14.4 Å². The second kappa shape index (κ2) is 6.56. The summed E-state index contributed by atoms with van der Waals surface area (Å²) in [4.78, 5) is 42.7. The Labute approximate surface area is 168 Å². The van der Waals surface area contributed by atoms with Crippen LogP contribution in [0.3, 0.4) is 0 Å². The predicted molar refractivity (Wildman–Crippen MR) is 103 cm³/mol. The molecule has 0 unspecified atom stereocenters. The summed E-state index contributed by atoms with van der Waals surface area (Å²) in [5, 5.41) is 3.48. The fourth-order valence-corrected chi connectivity index (χ4v) is 5.30. The van der Waals surface area contributed by atoms with E-state index in [4.69, 9.17) is 4.42 Å². The summed E-state index contributed by atoms with van der Waals surface area (Å²) in [5.41, 5.74) is -0.139. The molecule has 3 saturated heterocycles. The Hall–Kier alpha value is -2.93. The quantitative estimate of drug-likeness (QED) is 0.803. The minimum Gasteiger partial charge on any atom is -0.467 e. The van der Waals surface area contributed by atoms with E-state index in [1.165, 1.54) is 11.9 Å². The molecular formula is C22H23N3O4. The molecule has 7 heteroatoms. The average Bonchev–Trinajstić information content (AvgIpc) is 3.42. The van der Waals surface area contributed by atoms with Gasteiger partial charge >= 0.3 is 0 Å². The smallest absolute Gasteiger partial charge is 0.244 e. The van der Waals surface area contributed by atoms with Crippen molar-refractivity contribution in [3.05, 3.63) is 60.1 Å². The van der Waals surface area contributed by atoms with Crippen molar-refractivity contribution in [2.75, 3.05) is 13.6 Å². The number of carbonyl (C=O) groups excluding carboxylic acids is 3. The maximum Gasteiger partial charge on any atom is 0.244 e. The molecule has 4 atom stereocenters. The van der Waals surface area contributed by atoms with Gasteiger partial charge in [-0.05, 0) is 30.5 Å². The Morgan fingerprint density at radius 3 is 2.62 bits per heavy atom. The molecule has 3 aliphatic heterocycles. The zero-order chi connectivity index (χ0) is 20.2. The second-order valence-corrected chi connectivity index (χ2v) is 8.15. The summed E-state index contributed by atoms with van der Waals surface area (Å²) in [6, 6.07) is 12.9. The second-order valence-electron chi connectivity index (χ2n) is 8.15. The first-order valence-corrected chi connectivity index (χ1v) is 9.99. The third-order valence-electron chi connectivity index (χ3n) is 6.63. The number of piperidine rings is 1. The van der Waals surface area contributed by atoms with Crippen LogP contribution in [0.2, 0.25) is 0 Å². The number of fused-ring (bicyclic) bond motifs is 2. The highest BCUT2D eigenvalue weighted by atomic mass is 16.3. The Morgan fingerprint density at radius 1 is 1.10 bits per heavy atom. The molecule has 3 amide bonds. The van der Waals surface area contributed by atoms with Crippen LogP contribution in [-0.4, -0.2) is 46.7 Å². The van der Waals surface area contributed by atoms with E-state index in [0.29, 0.717) is 25.3 Å². The number of carbonyl (C=O) groups is 3. The molecule has 150 valence electrons. The maximum atomic E-state index is 13.7. The molecule has 0 aliphatic carbocycles. The number of furan rings is 1. The standard InChI is InChI=1S/C22H23N3O4/c1-24-19(26)16-17(20(24)27)22(23-18(16)14-7-3-2-4-8-14)10-6-11-25(21(22)28)13-15-9-5-12-29-15/h2-5,7-9,12,16-18,23H,6,10-11,13H2,1H3/t16-,17-,18-,22-/m1/s1. The molecule has 0 saturated carbocycles. The zero-order valence-electron chi connectivity index (χ0n) is 16.2. The molecular weight excluding hydrogens is 370 g/mol. The Balaban J connectivity index is 1.55. The van der Waals surface area contributed by atoms with Crippen LogP contribution in [0.5, 0.6) is 0 Å². The van der Waals surface area contributed by atoms with Crippen LogP contribution in [0.4, 0.5) is 0 Å². The molecule has 1 aromatic heterocycles. The number of rotatable bonds is 3. The molecule has 2 aromatic rings. The van der Waals surface area contributed by atoms with Crippen molar-refractivity contribution in [3.63, 3.8) is 0 Å². The number of likely N-dealkylation sites (tertiary alicyclic amines) is 2. The van der Waals surface area contributed by atoms with Gasteiger partial charge in [0.25, 0.3) is 0 Å². The lowest BCUT2D eigenvalue weighted by atomic mass is 9.74. The number of nitrogens with zero attached hydrogens (tertiary/aromatic N) is 2. The highest BCUT2D eigenvalue weighted by Crippen LogP contribution is 2.51. The fourth-order valence-electron chi connectivity index (χ4n) is 5.30. The highest BCUT2D eigenvalue weighted by molar-refractivity contribution is 6.10. The van der Waals surface area contributed by atoms with E-state index < -0.39 is 17.4 Å².